The highest BCUT2D eigenvalue weighted by Crippen LogP contribution is 2.41. The quantitative estimate of drug-likeness (QED) is 0.257. The molecule has 0 bridgehead atoms. The average Bonchev–Trinajstić information content (AvgIpc) is 3.61. The molecule has 1 saturated heterocycles. The van der Waals surface area contributed by atoms with Crippen LogP contribution in [-0.2, 0) is 16.1 Å². The van der Waals surface area contributed by atoms with Gasteiger partial charge < -0.3 is 19.7 Å². The molecule has 5 rings (SSSR count). The number of thioether (sulfide) groups is 1. The number of hydrogen-bond acceptors (Lipinski definition) is 10. The molecule has 4 aromatic rings. The summed E-state index contributed by atoms with van der Waals surface area (Å²) in [4.78, 5) is 0.644. The van der Waals surface area contributed by atoms with E-state index < -0.39 is 53.8 Å². The number of ether oxygens (including phenoxy) is 2. The molecule has 0 radical (unpaired) electrons. The number of aromatic amines is 1. The Hall–Kier alpha value is -2.79. The van der Waals surface area contributed by atoms with E-state index in [0.29, 0.717) is 14.9 Å². The minimum Gasteiger partial charge on any atom is -0.394 e. The molecule has 0 amide bonds. The lowest BCUT2D eigenvalue weighted by molar-refractivity contribution is -0.196. The molecule has 2 unspecified atom stereocenters. The second-order valence-corrected chi connectivity index (χ2v) is 10.3. The van der Waals surface area contributed by atoms with Gasteiger partial charge in [-0.2, -0.15) is 5.21 Å². The van der Waals surface area contributed by atoms with E-state index in [0.717, 1.165) is 12.1 Å². The molecule has 3 N–H and O–H groups in total. The van der Waals surface area contributed by atoms with Crippen molar-refractivity contribution >= 4 is 35.0 Å². The van der Waals surface area contributed by atoms with Gasteiger partial charge in [-0.3, -0.25) is 0 Å². The third kappa shape index (κ3) is 5.89. The highest BCUT2D eigenvalue weighted by molar-refractivity contribution is 7.99. The van der Waals surface area contributed by atoms with Crippen LogP contribution in [0.15, 0.2) is 41.4 Å². The highest BCUT2D eigenvalue weighted by atomic mass is 35.5. The number of benzene rings is 2. The lowest BCUT2D eigenvalue weighted by atomic mass is 9.97. The van der Waals surface area contributed by atoms with Crippen LogP contribution in [0.25, 0.3) is 11.3 Å². The summed E-state index contributed by atoms with van der Waals surface area (Å²) in [6.45, 7) is -0.699. The van der Waals surface area contributed by atoms with Crippen LogP contribution in [-0.4, -0.2) is 76.2 Å². The van der Waals surface area contributed by atoms with E-state index in [4.69, 9.17) is 32.7 Å². The zero-order valence-electron chi connectivity index (χ0n) is 19.5. The number of hydrogen-bond donors (Lipinski definition) is 3. The van der Waals surface area contributed by atoms with Crippen LogP contribution in [0.1, 0.15) is 11.9 Å². The summed E-state index contributed by atoms with van der Waals surface area (Å²) in [6, 6.07) is 5.45. The molecule has 5 atom stereocenters. The maximum Gasteiger partial charge on any atom is 0.200 e. The molecule has 39 heavy (non-hydrogen) atoms. The Labute approximate surface area is 232 Å². The minimum atomic E-state index is -1.62. The monoisotopic (exact) mass is 603 g/mol. The molecule has 1 fully saturated rings. The first kappa shape index (κ1) is 27.8. The smallest absolute Gasteiger partial charge is 0.200 e. The topological polar surface area (TPSA) is 144 Å². The largest absolute Gasteiger partial charge is 0.394 e. The predicted octanol–water partition coefficient (Wildman–Crippen LogP) is 3.18. The third-order valence-corrected chi connectivity index (χ3v) is 7.73. The summed E-state index contributed by atoms with van der Waals surface area (Å²) in [6.07, 6.45) is -2.11. The summed E-state index contributed by atoms with van der Waals surface area (Å²) < 4.78 is 54.4. The Morgan fingerprint density at radius 2 is 1.87 bits per heavy atom. The zero-order chi connectivity index (χ0) is 27.7. The van der Waals surface area contributed by atoms with Crippen LogP contribution in [0.2, 0.25) is 10.0 Å². The van der Waals surface area contributed by atoms with E-state index in [1.54, 1.807) is 18.2 Å². The zero-order valence-corrected chi connectivity index (χ0v) is 21.8. The van der Waals surface area contributed by atoms with Crippen LogP contribution >= 0.6 is 35.0 Å². The molecule has 11 nitrogen and oxygen atoms in total. The van der Waals surface area contributed by atoms with Gasteiger partial charge in [-0.15, -0.1) is 15.3 Å². The molecule has 1 aliphatic heterocycles. The molecule has 1 aliphatic rings. The third-order valence-electron chi connectivity index (χ3n) is 5.86. The van der Waals surface area contributed by atoms with Crippen LogP contribution in [0.5, 0.6) is 0 Å². The number of tetrazole rings is 1. The second-order valence-electron chi connectivity index (χ2n) is 8.34. The number of aliphatic hydroxyl groups is 2. The lowest BCUT2D eigenvalue weighted by Crippen LogP contribution is -2.55. The van der Waals surface area contributed by atoms with Crippen molar-refractivity contribution in [2.75, 3.05) is 6.61 Å². The summed E-state index contributed by atoms with van der Waals surface area (Å²) >= 11 is 13.4. The Kier molecular flexibility index (Phi) is 8.37. The number of halogens is 5. The SMILES string of the molecule is OCC1O[C@H](Sc2ccc(Cl)c(Cl)c2)C(OCc2nn[nH]n2)[C@@H](n2cc(-c3cc(F)c(F)c(F)c3)nn2)[C@H]1O. The van der Waals surface area contributed by atoms with Gasteiger partial charge >= 0.3 is 0 Å². The van der Waals surface area contributed by atoms with Crippen LogP contribution < -0.4 is 0 Å². The van der Waals surface area contributed by atoms with Crippen molar-refractivity contribution in [3.63, 3.8) is 0 Å². The molecule has 0 aliphatic carbocycles. The van der Waals surface area contributed by atoms with Crippen LogP contribution in [0, 0.1) is 17.5 Å². The maximum absolute atomic E-state index is 13.8. The average molecular weight is 604 g/mol. The highest BCUT2D eigenvalue weighted by Gasteiger charge is 2.48. The number of aliphatic hydroxyl groups excluding tert-OH is 2. The molecule has 0 saturated carbocycles. The first-order valence-corrected chi connectivity index (χ1v) is 12.9. The standard InChI is InChI=1S/C22H18Cl2F3N7O4S/c23-11-2-1-10(5-12(11)24)39-22-21(37-8-17-29-31-32-30-17)19(20(36)16(7-35)38-22)34-6-15(28-33-34)9-3-13(25)18(27)14(26)4-9/h1-6,16,19-22,35-36H,7-8H2,(H,29,30,31,32)/t16?,19-,20-,21?,22+/m0/s1. The molecular formula is C22H18Cl2F3N7O4S. The number of nitrogens with one attached hydrogen (secondary N) is 1. The second kappa shape index (κ2) is 11.8. The fraction of sp³-hybridized carbons (Fsp3) is 0.318. The minimum absolute atomic E-state index is 0.00218. The summed E-state index contributed by atoms with van der Waals surface area (Å²) in [7, 11) is 0. The predicted molar refractivity (Wildman–Crippen MR) is 131 cm³/mol. The van der Waals surface area contributed by atoms with Gasteiger partial charge in [-0.1, -0.05) is 45.4 Å². The van der Waals surface area contributed by atoms with Crippen molar-refractivity contribution in [3.05, 3.63) is 69.9 Å². The summed E-state index contributed by atoms with van der Waals surface area (Å²) in [5, 5.41) is 43.2. The molecule has 17 heteroatoms. The Balaban J connectivity index is 1.51. The lowest BCUT2D eigenvalue weighted by Gasteiger charge is -2.43. The normalized spacial score (nSPS) is 23.3. The van der Waals surface area contributed by atoms with E-state index in [1.165, 1.54) is 22.6 Å². The van der Waals surface area contributed by atoms with Gasteiger partial charge in [-0.05, 0) is 30.3 Å². The van der Waals surface area contributed by atoms with Crippen LogP contribution in [0.4, 0.5) is 13.2 Å². The van der Waals surface area contributed by atoms with Gasteiger partial charge in [0, 0.05) is 10.5 Å². The summed E-state index contributed by atoms with van der Waals surface area (Å²) in [5.74, 6) is -4.20. The van der Waals surface area contributed by atoms with Gasteiger partial charge in [0.05, 0.1) is 22.8 Å². The van der Waals surface area contributed by atoms with Gasteiger partial charge in [0.2, 0.25) is 0 Å². The molecule has 2 aromatic carbocycles. The van der Waals surface area contributed by atoms with E-state index in [9.17, 15) is 23.4 Å². The maximum atomic E-state index is 13.8. The van der Waals surface area contributed by atoms with Crippen LogP contribution in [0.3, 0.4) is 0 Å². The summed E-state index contributed by atoms with van der Waals surface area (Å²) in [5.41, 5.74) is -0.936. The molecular weight excluding hydrogens is 586 g/mol. The van der Waals surface area contributed by atoms with E-state index in [2.05, 4.69) is 30.9 Å². The number of rotatable bonds is 8. The van der Waals surface area contributed by atoms with Crippen molar-refractivity contribution in [2.45, 2.75) is 41.3 Å². The number of H-pyrrole nitrogens is 1. The Morgan fingerprint density at radius 1 is 1.10 bits per heavy atom. The van der Waals surface area contributed by atoms with E-state index in [-0.39, 0.29) is 23.7 Å². The fourth-order valence-corrected chi connectivity index (χ4v) is 5.53. The molecule has 3 heterocycles. The number of nitrogens with zero attached hydrogens (tertiary/aromatic N) is 6. The van der Waals surface area contributed by atoms with Crippen molar-refractivity contribution < 1.29 is 32.9 Å². The molecule has 0 spiro atoms. The van der Waals surface area contributed by atoms with E-state index >= 15 is 0 Å². The first-order chi connectivity index (χ1) is 18.7. The molecule has 2 aromatic heterocycles. The van der Waals surface area contributed by atoms with Crippen molar-refractivity contribution in [1.29, 1.82) is 0 Å². The van der Waals surface area contributed by atoms with Gasteiger partial charge in [0.25, 0.3) is 0 Å². The van der Waals surface area contributed by atoms with Crippen molar-refractivity contribution in [3.8, 4) is 11.3 Å². The van der Waals surface area contributed by atoms with Gasteiger partial charge in [0.15, 0.2) is 23.3 Å². The van der Waals surface area contributed by atoms with Gasteiger partial charge in [-0.25, -0.2) is 17.9 Å². The van der Waals surface area contributed by atoms with E-state index in [1.807, 2.05) is 0 Å². The Morgan fingerprint density at radius 3 is 2.54 bits per heavy atom. The fourth-order valence-electron chi connectivity index (χ4n) is 3.99. The molecule has 206 valence electrons. The van der Waals surface area contributed by atoms with Crippen molar-refractivity contribution in [1.82, 2.24) is 35.6 Å². The van der Waals surface area contributed by atoms with Crippen molar-refractivity contribution in [2.24, 2.45) is 0 Å². The Bertz CT molecular complexity index is 1430. The van der Waals surface area contributed by atoms with Gasteiger partial charge in [0.1, 0.15) is 42.1 Å². The number of aromatic nitrogens is 7. The first-order valence-electron chi connectivity index (χ1n) is 11.2.